The van der Waals surface area contributed by atoms with Crippen LogP contribution in [0.2, 0.25) is 0 Å². The Morgan fingerprint density at radius 3 is 2.75 bits per heavy atom. The average molecular weight is 219 g/mol. The predicted molar refractivity (Wildman–Crippen MR) is 57.6 cm³/mol. The van der Waals surface area contributed by atoms with Gasteiger partial charge in [0, 0.05) is 0 Å². The standard InChI is InChI=1S/C12H13NO3/c14-7-10-6-11(13-10)12(15)16-8-9-4-2-1-3-5-9/h1-5,7,10-11,13H,6,8H2. The Morgan fingerprint density at radius 1 is 1.44 bits per heavy atom. The molecule has 0 saturated carbocycles. The smallest absolute Gasteiger partial charge is 0.323 e. The highest BCUT2D eigenvalue weighted by Crippen LogP contribution is 2.12. The fourth-order valence-electron chi connectivity index (χ4n) is 1.58. The topological polar surface area (TPSA) is 55.4 Å². The first-order valence-electron chi connectivity index (χ1n) is 5.21. The molecule has 0 aliphatic carbocycles. The van der Waals surface area contributed by atoms with Gasteiger partial charge in [-0.25, -0.2) is 0 Å². The van der Waals surface area contributed by atoms with E-state index in [9.17, 15) is 9.59 Å². The Labute approximate surface area is 93.6 Å². The first kappa shape index (κ1) is 10.8. The molecule has 0 bridgehead atoms. The van der Waals surface area contributed by atoms with Crippen LogP contribution in [0.25, 0.3) is 0 Å². The summed E-state index contributed by atoms with van der Waals surface area (Å²) in [5, 5.41) is 2.82. The molecular formula is C12H13NO3. The third-order valence-electron chi connectivity index (χ3n) is 2.58. The van der Waals surface area contributed by atoms with E-state index in [0.29, 0.717) is 6.42 Å². The van der Waals surface area contributed by atoms with Gasteiger partial charge in [-0.2, -0.15) is 0 Å². The highest BCUT2D eigenvalue weighted by molar-refractivity contribution is 5.79. The summed E-state index contributed by atoms with van der Waals surface area (Å²) in [5.74, 6) is -0.290. The maximum Gasteiger partial charge on any atom is 0.323 e. The van der Waals surface area contributed by atoms with Gasteiger partial charge in [0.2, 0.25) is 0 Å². The number of carbonyl (C=O) groups is 2. The molecular weight excluding hydrogens is 206 g/mol. The first-order valence-corrected chi connectivity index (χ1v) is 5.21. The second-order valence-electron chi connectivity index (χ2n) is 3.79. The lowest BCUT2D eigenvalue weighted by atomic mass is 9.99. The molecule has 1 aromatic rings. The largest absolute Gasteiger partial charge is 0.460 e. The summed E-state index contributed by atoms with van der Waals surface area (Å²) in [6.07, 6.45) is 1.35. The normalized spacial score (nSPS) is 23.2. The van der Waals surface area contributed by atoms with Crippen molar-refractivity contribution in [3.05, 3.63) is 35.9 Å². The molecule has 0 aromatic heterocycles. The lowest BCUT2D eigenvalue weighted by Gasteiger charge is -2.31. The number of benzene rings is 1. The molecule has 1 heterocycles. The van der Waals surface area contributed by atoms with Crippen LogP contribution in [0.15, 0.2) is 30.3 Å². The zero-order valence-corrected chi connectivity index (χ0v) is 8.76. The minimum Gasteiger partial charge on any atom is -0.460 e. The van der Waals surface area contributed by atoms with Crippen molar-refractivity contribution in [2.24, 2.45) is 0 Å². The van der Waals surface area contributed by atoms with Crippen molar-refractivity contribution in [1.29, 1.82) is 0 Å². The van der Waals surface area contributed by atoms with E-state index < -0.39 is 0 Å². The van der Waals surface area contributed by atoms with E-state index in [1.807, 2.05) is 30.3 Å². The molecule has 4 nitrogen and oxygen atoms in total. The Kier molecular flexibility index (Phi) is 3.31. The highest BCUT2D eigenvalue weighted by Gasteiger charge is 2.34. The summed E-state index contributed by atoms with van der Waals surface area (Å²) in [6.45, 7) is 0.281. The van der Waals surface area contributed by atoms with Crippen molar-refractivity contribution in [2.75, 3.05) is 0 Å². The second kappa shape index (κ2) is 4.90. The van der Waals surface area contributed by atoms with Gasteiger partial charge in [0.1, 0.15) is 18.9 Å². The van der Waals surface area contributed by atoms with Gasteiger partial charge in [-0.15, -0.1) is 0 Å². The lowest BCUT2D eigenvalue weighted by molar-refractivity contribution is -0.150. The zero-order chi connectivity index (χ0) is 11.4. The van der Waals surface area contributed by atoms with Gasteiger partial charge < -0.3 is 9.53 Å². The van der Waals surface area contributed by atoms with E-state index in [-0.39, 0.29) is 24.7 Å². The number of esters is 1. The van der Waals surface area contributed by atoms with Gasteiger partial charge in [-0.1, -0.05) is 30.3 Å². The minimum atomic E-state index is -0.320. The molecule has 1 aliphatic rings. The van der Waals surface area contributed by atoms with E-state index >= 15 is 0 Å². The molecule has 1 N–H and O–H groups in total. The van der Waals surface area contributed by atoms with Crippen LogP contribution in [0.1, 0.15) is 12.0 Å². The number of hydrogen-bond donors (Lipinski definition) is 1. The van der Waals surface area contributed by atoms with E-state index in [0.717, 1.165) is 11.8 Å². The van der Waals surface area contributed by atoms with Gasteiger partial charge in [0.25, 0.3) is 0 Å². The third-order valence-corrected chi connectivity index (χ3v) is 2.58. The number of ether oxygens (including phenoxy) is 1. The number of nitrogens with one attached hydrogen (secondary N) is 1. The van der Waals surface area contributed by atoms with Crippen LogP contribution in [-0.4, -0.2) is 24.3 Å². The number of carbonyl (C=O) groups excluding carboxylic acids is 2. The zero-order valence-electron chi connectivity index (χ0n) is 8.76. The van der Waals surface area contributed by atoms with Crippen molar-refractivity contribution in [3.63, 3.8) is 0 Å². The van der Waals surface area contributed by atoms with Crippen LogP contribution in [-0.2, 0) is 20.9 Å². The van der Waals surface area contributed by atoms with Crippen molar-refractivity contribution in [2.45, 2.75) is 25.1 Å². The Morgan fingerprint density at radius 2 is 2.12 bits per heavy atom. The van der Waals surface area contributed by atoms with E-state index in [1.165, 1.54) is 0 Å². The fourth-order valence-corrected chi connectivity index (χ4v) is 1.58. The number of hydrogen-bond acceptors (Lipinski definition) is 4. The van der Waals surface area contributed by atoms with Gasteiger partial charge in [-0.3, -0.25) is 10.1 Å². The van der Waals surface area contributed by atoms with Gasteiger partial charge in [-0.05, 0) is 12.0 Å². The molecule has 4 heteroatoms. The van der Waals surface area contributed by atoms with Crippen molar-refractivity contribution >= 4 is 12.3 Å². The van der Waals surface area contributed by atoms with Gasteiger partial charge >= 0.3 is 5.97 Å². The average Bonchev–Trinajstić information content (AvgIpc) is 2.26. The molecule has 16 heavy (non-hydrogen) atoms. The quantitative estimate of drug-likeness (QED) is 0.597. The van der Waals surface area contributed by atoms with Crippen LogP contribution >= 0.6 is 0 Å². The molecule has 0 spiro atoms. The van der Waals surface area contributed by atoms with Crippen LogP contribution in [0.5, 0.6) is 0 Å². The summed E-state index contributed by atoms with van der Waals surface area (Å²) in [4.78, 5) is 21.8. The first-order chi connectivity index (χ1) is 7.79. The summed E-state index contributed by atoms with van der Waals surface area (Å²) in [7, 11) is 0. The third kappa shape index (κ3) is 2.46. The lowest BCUT2D eigenvalue weighted by Crippen LogP contribution is -2.57. The maximum atomic E-state index is 11.5. The van der Waals surface area contributed by atoms with Crippen molar-refractivity contribution < 1.29 is 14.3 Å². The molecule has 84 valence electrons. The summed E-state index contributed by atoms with van der Waals surface area (Å²) in [5.41, 5.74) is 0.960. The Balaban J connectivity index is 1.75. The van der Waals surface area contributed by atoms with E-state index in [2.05, 4.69) is 5.32 Å². The van der Waals surface area contributed by atoms with Gasteiger partial charge in [0.05, 0.1) is 6.04 Å². The molecule has 0 radical (unpaired) electrons. The van der Waals surface area contributed by atoms with Gasteiger partial charge in [0.15, 0.2) is 0 Å². The SMILES string of the molecule is O=CC1CC(C(=O)OCc2ccccc2)N1. The van der Waals surface area contributed by atoms with Crippen molar-refractivity contribution in [3.8, 4) is 0 Å². The Hall–Kier alpha value is -1.68. The fraction of sp³-hybridized carbons (Fsp3) is 0.333. The molecule has 1 aromatic carbocycles. The molecule has 2 rings (SSSR count). The summed E-state index contributed by atoms with van der Waals surface area (Å²) < 4.78 is 5.11. The monoisotopic (exact) mass is 219 g/mol. The highest BCUT2D eigenvalue weighted by atomic mass is 16.5. The van der Waals surface area contributed by atoms with Crippen LogP contribution in [0.3, 0.4) is 0 Å². The number of rotatable bonds is 4. The summed E-state index contributed by atoms with van der Waals surface area (Å²) >= 11 is 0. The molecule has 1 saturated heterocycles. The molecule has 2 atom stereocenters. The molecule has 2 unspecified atom stereocenters. The van der Waals surface area contributed by atoms with Crippen LogP contribution in [0.4, 0.5) is 0 Å². The maximum absolute atomic E-state index is 11.5. The molecule has 1 fully saturated rings. The summed E-state index contributed by atoms with van der Waals surface area (Å²) in [6, 6.07) is 8.99. The minimum absolute atomic E-state index is 0.186. The Bertz CT molecular complexity index is 371. The number of aldehydes is 1. The van der Waals surface area contributed by atoms with E-state index in [4.69, 9.17) is 4.74 Å². The molecule has 1 aliphatic heterocycles. The van der Waals surface area contributed by atoms with E-state index in [1.54, 1.807) is 0 Å². The molecule has 0 amide bonds. The van der Waals surface area contributed by atoms with Crippen LogP contribution < -0.4 is 5.32 Å². The van der Waals surface area contributed by atoms with Crippen molar-refractivity contribution in [1.82, 2.24) is 5.32 Å². The van der Waals surface area contributed by atoms with Crippen LogP contribution in [0, 0.1) is 0 Å². The second-order valence-corrected chi connectivity index (χ2v) is 3.79. The predicted octanol–water partition coefficient (Wildman–Crippen LogP) is 0.659.